The lowest BCUT2D eigenvalue weighted by Crippen LogP contribution is -2.40. The van der Waals surface area contributed by atoms with Crippen molar-refractivity contribution in [2.24, 2.45) is 17.6 Å². The summed E-state index contributed by atoms with van der Waals surface area (Å²) in [5.41, 5.74) is 0.208. The van der Waals surface area contributed by atoms with Gasteiger partial charge >= 0.3 is 5.51 Å². The van der Waals surface area contributed by atoms with Gasteiger partial charge in [-0.2, -0.15) is 23.5 Å². The van der Waals surface area contributed by atoms with Crippen molar-refractivity contribution in [3.8, 4) is 6.07 Å². The van der Waals surface area contributed by atoms with Crippen LogP contribution < -0.4 is 16.4 Å². The van der Waals surface area contributed by atoms with Crippen molar-refractivity contribution in [1.29, 1.82) is 5.26 Å². The van der Waals surface area contributed by atoms with Gasteiger partial charge in [-0.3, -0.25) is 9.48 Å². The second-order valence-corrected chi connectivity index (χ2v) is 14.0. The van der Waals surface area contributed by atoms with E-state index in [9.17, 15) is 40.1 Å². The van der Waals surface area contributed by atoms with Gasteiger partial charge in [0.2, 0.25) is 0 Å². The standard InChI is InChI=1S/C23H27F3N6O5S2/c24-23(25,26)39(36,37)18-4-1-16(2-5-18)30-22-19(21(28)33)12-32(31-22)20-6-3-17(9-15(20)10-27)29-11-14-7-8-38(34,35)13-14/h1-2,4-5,12,14-15,17,20,29H,3,6-9,11,13H2,(H2,28,33)(H,30,31)/t14?,15-,17?,20+/m1/s1. The van der Waals surface area contributed by atoms with E-state index in [1.54, 1.807) is 0 Å². The number of aromatic nitrogens is 2. The molecule has 1 aromatic carbocycles. The van der Waals surface area contributed by atoms with E-state index in [4.69, 9.17) is 5.73 Å². The third kappa shape index (κ3) is 6.36. The molecule has 4 rings (SSSR count). The average Bonchev–Trinajstić information content (AvgIpc) is 3.44. The number of rotatable bonds is 8. The summed E-state index contributed by atoms with van der Waals surface area (Å²) in [5, 5.41) is 20.4. The van der Waals surface area contributed by atoms with Crippen LogP contribution in [0.3, 0.4) is 0 Å². The Bertz CT molecular complexity index is 1480. The topological polar surface area (TPSA) is 177 Å². The molecule has 16 heteroatoms. The van der Waals surface area contributed by atoms with Crippen molar-refractivity contribution in [3.05, 3.63) is 36.0 Å². The minimum atomic E-state index is -5.51. The Kier molecular flexibility index (Phi) is 7.97. The van der Waals surface area contributed by atoms with Crippen molar-refractivity contribution in [2.75, 3.05) is 23.4 Å². The van der Waals surface area contributed by atoms with Crippen LogP contribution in [0, 0.1) is 23.2 Å². The molecule has 2 aromatic rings. The summed E-state index contributed by atoms with van der Waals surface area (Å²) >= 11 is 0. The van der Waals surface area contributed by atoms with E-state index in [1.165, 1.54) is 10.9 Å². The van der Waals surface area contributed by atoms with Crippen LogP contribution in [0.1, 0.15) is 42.1 Å². The molecule has 1 aliphatic heterocycles. The highest BCUT2D eigenvalue weighted by atomic mass is 32.2. The van der Waals surface area contributed by atoms with Gasteiger partial charge in [-0.1, -0.05) is 0 Å². The fourth-order valence-electron chi connectivity index (χ4n) is 4.98. The summed E-state index contributed by atoms with van der Waals surface area (Å²) in [4.78, 5) is 11.1. The zero-order valence-corrected chi connectivity index (χ0v) is 22.2. The average molecular weight is 589 g/mol. The van der Waals surface area contributed by atoms with Crippen molar-refractivity contribution in [3.63, 3.8) is 0 Å². The first-order valence-corrected chi connectivity index (χ1v) is 15.4. The van der Waals surface area contributed by atoms with Crippen LogP contribution in [0.4, 0.5) is 24.7 Å². The van der Waals surface area contributed by atoms with Crippen molar-refractivity contribution < 1.29 is 34.8 Å². The molecule has 4 N–H and O–H groups in total. The molecule has 1 saturated carbocycles. The summed E-state index contributed by atoms with van der Waals surface area (Å²) in [7, 11) is -8.48. The lowest BCUT2D eigenvalue weighted by molar-refractivity contribution is -0.0436. The fraction of sp³-hybridized carbons (Fsp3) is 0.522. The van der Waals surface area contributed by atoms with Gasteiger partial charge in [0.05, 0.1) is 34.4 Å². The highest BCUT2D eigenvalue weighted by Gasteiger charge is 2.46. The molecule has 212 valence electrons. The van der Waals surface area contributed by atoms with Gasteiger partial charge in [-0.05, 0) is 62.4 Å². The highest BCUT2D eigenvalue weighted by molar-refractivity contribution is 7.92. The molecule has 2 fully saturated rings. The van der Waals surface area contributed by atoms with Crippen LogP contribution in [-0.4, -0.2) is 62.1 Å². The molecule has 1 aliphatic carbocycles. The summed E-state index contributed by atoms with van der Waals surface area (Å²) in [6, 6.07) is 5.70. The number of carbonyl (C=O) groups is 1. The van der Waals surface area contributed by atoms with E-state index in [1.807, 2.05) is 0 Å². The number of primary amides is 1. The van der Waals surface area contributed by atoms with Gasteiger partial charge in [0, 0.05) is 17.9 Å². The number of nitrogens with one attached hydrogen (secondary N) is 2. The molecule has 2 unspecified atom stereocenters. The monoisotopic (exact) mass is 588 g/mol. The Labute approximate surface area is 223 Å². The van der Waals surface area contributed by atoms with Crippen LogP contribution in [0.25, 0.3) is 0 Å². The van der Waals surface area contributed by atoms with Gasteiger partial charge in [-0.25, -0.2) is 16.8 Å². The van der Waals surface area contributed by atoms with E-state index >= 15 is 0 Å². The van der Waals surface area contributed by atoms with Crippen molar-refractivity contribution in [2.45, 2.75) is 48.2 Å². The van der Waals surface area contributed by atoms with Crippen molar-refractivity contribution >= 4 is 37.1 Å². The first-order valence-electron chi connectivity index (χ1n) is 12.1. The second-order valence-electron chi connectivity index (χ2n) is 9.82. The number of hydrogen-bond donors (Lipinski definition) is 3. The molecule has 1 amide bonds. The lowest BCUT2D eigenvalue weighted by atomic mass is 9.82. The van der Waals surface area contributed by atoms with Crippen LogP contribution in [0.5, 0.6) is 0 Å². The third-order valence-electron chi connectivity index (χ3n) is 7.07. The van der Waals surface area contributed by atoms with E-state index in [-0.39, 0.29) is 46.6 Å². The molecule has 0 spiro atoms. The summed E-state index contributed by atoms with van der Waals surface area (Å²) in [6.07, 6.45) is 3.74. The number of halogens is 3. The van der Waals surface area contributed by atoms with Crippen LogP contribution in [0.2, 0.25) is 0 Å². The number of nitrogens with two attached hydrogens (primary N) is 1. The molecule has 4 atom stereocenters. The molecular formula is C23H27F3N6O5S2. The van der Waals surface area contributed by atoms with Crippen LogP contribution in [0.15, 0.2) is 35.4 Å². The number of carbonyl (C=O) groups excluding carboxylic acids is 1. The number of amides is 1. The first kappa shape index (κ1) is 28.8. The van der Waals surface area contributed by atoms with Gasteiger partial charge in [0.1, 0.15) is 5.56 Å². The summed E-state index contributed by atoms with van der Waals surface area (Å²) < 4.78 is 86.4. The number of alkyl halides is 3. The number of sulfone groups is 2. The molecule has 0 bridgehead atoms. The maximum absolute atomic E-state index is 12.8. The quantitative estimate of drug-likeness (QED) is 0.417. The number of hydrogen-bond acceptors (Lipinski definition) is 9. The highest BCUT2D eigenvalue weighted by Crippen LogP contribution is 2.36. The molecule has 11 nitrogen and oxygen atoms in total. The van der Waals surface area contributed by atoms with E-state index in [2.05, 4.69) is 21.8 Å². The smallest absolute Gasteiger partial charge is 0.365 e. The molecule has 0 radical (unpaired) electrons. The van der Waals surface area contributed by atoms with E-state index in [0.29, 0.717) is 32.2 Å². The Morgan fingerprint density at radius 1 is 1.21 bits per heavy atom. The largest absolute Gasteiger partial charge is 0.501 e. The molecule has 2 heterocycles. The second kappa shape index (κ2) is 10.8. The zero-order valence-electron chi connectivity index (χ0n) is 20.6. The molecule has 1 aromatic heterocycles. The Hall–Kier alpha value is -3.16. The number of anilines is 2. The third-order valence-corrected chi connectivity index (χ3v) is 10.4. The summed E-state index contributed by atoms with van der Waals surface area (Å²) in [6.45, 7) is 0.553. The molecule has 1 saturated heterocycles. The molecule has 2 aliphatic rings. The predicted octanol–water partition coefficient (Wildman–Crippen LogP) is 2.28. The number of nitrogens with zero attached hydrogens (tertiary/aromatic N) is 3. The number of benzene rings is 1. The van der Waals surface area contributed by atoms with Crippen LogP contribution in [-0.2, 0) is 19.7 Å². The van der Waals surface area contributed by atoms with E-state index in [0.717, 1.165) is 24.3 Å². The van der Waals surface area contributed by atoms with Crippen LogP contribution >= 0.6 is 0 Å². The minimum Gasteiger partial charge on any atom is -0.365 e. The maximum Gasteiger partial charge on any atom is 0.501 e. The number of nitriles is 1. The molecule has 39 heavy (non-hydrogen) atoms. The van der Waals surface area contributed by atoms with Gasteiger partial charge in [-0.15, -0.1) is 0 Å². The SMILES string of the molecule is N#C[C@H]1CC(NCC2CCS(=O)(=O)C2)CC[C@@H]1n1cc(C(N)=O)c(Nc2ccc(S(=O)(=O)C(F)(F)F)cc2)n1. The fourth-order valence-corrected chi connectivity index (χ4v) is 7.61. The lowest BCUT2D eigenvalue weighted by Gasteiger charge is -2.33. The summed E-state index contributed by atoms with van der Waals surface area (Å²) in [5.74, 6) is -0.875. The van der Waals surface area contributed by atoms with Gasteiger partial charge in [0.15, 0.2) is 15.7 Å². The Morgan fingerprint density at radius 2 is 1.90 bits per heavy atom. The predicted molar refractivity (Wildman–Crippen MR) is 134 cm³/mol. The van der Waals surface area contributed by atoms with Gasteiger partial charge in [0.25, 0.3) is 15.7 Å². The Balaban J connectivity index is 1.46. The minimum absolute atomic E-state index is 0.00769. The molecular weight excluding hydrogens is 561 g/mol. The Morgan fingerprint density at radius 3 is 2.46 bits per heavy atom. The maximum atomic E-state index is 12.8. The van der Waals surface area contributed by atoms with Crippen molar-refractivity contribution in [1.82, 2.24) is 15.1 Å². The first-order chi connectivity index (χ1) is 18.2. The van der Waals surface area contributed by atoms with Gasteiger partial charge < -0.3 is 16.4 Å². The normalized spacial score (nSPS) is 25.2. The van der Waals surface area contributed by atoms with E-state index < -0.39 is 41.9 Å². The zero-order chi connectivity index (χ0) is 28.6.